The number of aromatic nitrogens is 2. The minimum Gasteiger partial charge on any atom is -0.357 e. The molecule has 5 nitrogen and oxygen atoms in total. The average Bonchev–Trinajstić information content (AvgIpc) is 3.05. The monoisotopic (exact) mass is 352 g/mol. The summed E-state index contributed by atoms with van der Waals surface area (Å²) in [5.74, 6) is 2.31. The maximum atomic E-state index is 12.5. The van der Waals surface area contributed by atoms with Gasteiger partial charge in [0, 0.05) is 19.6 Å². The van der Waals surface area contributed by atoms with Crippen molar-refractivity contribution in [2.24, 2.45) is 11.8 Å². The molecule has 1 saturated carbocycles. The van der Waals surface area contributed by atoms with E-state index in [2.05, 4.69) is 27.0 Å². The number of amides is 1. The highest BCUT2D eigenvalue weighted by molar-refractivity contribution is 8.01. The van der Waals surface area contributed by atoms with Gasteiger partial charge >= 0.3 is 0 Å². The summed E-state index contributed by atoms with van der Waals surface area (Å²) in [5, 5.41) is 12.1. The van der Waals surface area contributed by atoms with E-state index >= 15 is 0 Å². The van der Waals surface area contributed by atoms with Crippen molar-refractivity contribution in [2.45, 2.75) is 36.4 Å². The summed E-state index contributed by atoms with van der Waals surface area (Å²) in [6, 6.07) is 0. The number of hydrogen-bond donors (Lipinski definition) is 1. The Hall–Kier alpha value is -1.08. The molecule has 2 fully saturated rings. The molecule has 0 radical (unpaired) electrons. The van der Waals surface area contributed by atoms with Gasteiger partial charge in [-0.25, -0.2) is 0 Å². The molecule has 1 amide bonds. The summed E-state index contributed by atoms with van der Waals surface area (Å²) in [4.78, 5) is 14.5. The van der Waals surface area contributed by atoms with E-state index in [-0.39, 0.29) is 5.91 Å². The second kappa shape index (κ2) is 8.15. The fourth-order valence-corrected chi connectivity index (χ4v) is 5.20. The molecule has 1 aromatic heterocycles. The van der Waals surface area contributed by atoms with Crippen molar-refractivity contribution in [3.8, 4) is 0 Å². The van der Waals surface area contributed by atoms with Gasteiger partial charge < -0.3 is 10.2 Å². The number of thioether (sulfide) groups is 1. The molecule has 126 valence electrons. The molecule has 2 atom stereocenters. The molecule has 1 aromatic rings. The van der Waals surface area contributed by atoms with Gasteiger partial charge in [0.05, 0.1) is 5.75 Å². The predicted molar refractivity (Wildman–Crippen MR) is 96.0 cm³/mol. The van der Waals surface area contributed by atoms with Gasteiger partial charge in [-0.1, -0.05) is 48.4 Å². The Bertz CT molecular complexity index is 548. The Balaban J connectivity index is 1.45. The van der Waals surface area contributed by atoms with Crippen LogP contribution in [0.1, 0.15) is 32.1 Å². The fourth-order valence-electron chi connectivity index (χ4n) is 3.54. The molecule has 1 N–H and O–H groups in total. The number of fused-ring (bicyclic) bond motifs is 1. The molecule has 7 heteroatoms. The van der Waals surface area contributed by atoms with Gasteiger partial charge in [0.2, 0.25) is 11.0 Å². The average molecular weight is 353 g/mol. The number of likely N-dealkylation sites (tertiary alicyclic amines) is 1. The zero-order valence-corrected chi connectivity index (χ0v) is 15.0. The zero-order valence-electron chi connectivity index (χ0n) is 13.4. The van der Waals surface area contributed by atoms with Crippen LogP contribution in [0.5, 0.6) is 0 Å². The Kier molecular flexibility index (Phi) is 5.94. The predicted octanol–water partition coefficient (Wildman–Crippen LogP) is 3.27. The summed E-state index contributed by atoms with van der Waals surface area (Å²) in [7, 11) is 0. The Morgan fingerprint density at radius 3 is 3.00 bits per heavy atom. The zero-order chi connectivity index (χ0) is 16.1. The largest absolute Gasteiger partial charge is 0.357 e. The molecule has 0 unspecified atom stereocenters. The summed E-state index contributed by atoms with van der Waals surface area (Å²) < 4.78 is 0.845. The Morgan fingerprint density at radius 1 is 1.35 bits per heavy atom. The second-order valence-electron chi connectivity index (χ2n) is 6.26. The van der Waals surface area contributed by atoms with Crippen LogP contribution in [0.3, 0.4) is 0 Å². The first-order valence-corrected chi connectivity index (χ1v) is 10.2. The normalized spacial score (nSPS) is 24.1. The van der Waals surface area contributed by atoms with Gasteiger partial charge in [0.15, 0.2) is 4.34 Å². The van der Waals surface area contributed by atoms with Gasteiger partial charge in [-0.05, 0) is 24.7 Å². The van der Waals surface area contributed by atoms with Crippen molar-refractivity contribution in [2.75, 3.05) is 30.7 Å². The number of hydrogen-bond acceptors (Lipinski definition) is 6. The van der Waals surface area contributed by atoms with Gasteiger partial charge in [0.25, 0.3) is 0 Å². The Morgan fingerprint density at radius 2 is 2.17 bits per heavy atom. The number of anilines is 1. The third-order valence-corrected chi connectivity index (χ3v) is 6.77. The third-order valence-electron chi connectivity index (χ3n) is 4.77. The lowest BCUT2D eigenvalue weighted by molar-refractivity contribution is -0.131. The first-order chi connectivity index (χ1) is 11.3. The molecule has 0 spiro atoms. The molecule has 3 rings (SSSR count). The van der Waals surface area contributed by atoms with E-state index in [9.17, 15) is 4.79 Å². The van der Waals surface area contributed by atoms with Crippen molar-refractivity contribution < 1.29 is 4.79 Å². The van der Waals surface area contributed by atoms with Crippen LogP contribution in [-0.4, -0.2) is 46.4 Å². The van der Waals surface area contributed by atoms with Gasteiger partial charge in [-0.3, -0.25) is 4.79 Å². The lowest BCUT2D eigenvalue weighted by atomic mass is 9.75. The number of carbonyl (C=O) groups excluding carboxylic acids is 1. The maximum absolute atomic E-state index is 12.5. The summed E-state index contributed by atoms with van der Waals surface area (Å²) in [5.41, 5.74) is 0. The van der Waals surface area contributed by atoms with Gasteiger partial charge in [0.1, 0.15) is 0 Å². The van der Waals surface area contributed by atoms with E-state index in [0.717, 1.165) is 34.4 Å². The number of piperidine rings is 1. The van der Waals surface area contributed by atoms with Crippen LogP contribution in [0, 0.1) is 11.8 Å². The molecular weight excluding hydrogens is 328 g/mol. The van der Waals surface area contributed by atoms with Gasteiger partial charge in [-0.15, -0.1) is 16.8 Å². The molecule has 1 aliphatic heterocycles. The van der Waals surface area contributed by atoms with Crippen LogP contribution < -0.4 is 5.32 Å². The van der Waals surface area contributed by atoms with E-state index in [0.29, 0.717) is 12.3 Å². The molecule has 0 aromatic carbocycles. The minimum absolute atomic E-state index is 0.245. The highest BCUT2D eigenvalue weighted by Gasteiger charge is 2.32. The lowest BCUT2D eigenvalue weighted by Gasteiger charge is -2.41. The lowest BCUT2D eigenvalue weighted by Crippen LogP contribution is -2.45. The summed E-state index contributed by atoms with van der Waals surface area (Å²) >= 11 is 2.98. The van der Waals surface area contributed by atoms with E-state index in [1.54, 1.807) is 6.08 Å². The highest BCUT2D eigenvalue weighted by atomic mass is 32.2. The first kappa shape index (κ1) is 16.8. The van der Waals surface area contributed by atoms with Gasteiger partial charge in [-0.2, -0.15) is 0 Å². The quantitative estimate of drug-likeness (QED) is 0.629. The molecule has 23 heavy (non-hydrogen) atoms. The summed E-state index contributed by atoms with van der Waals surface area (Å²) in [6.45, 7) is 6.23. The molecular formula is C16H24N4OS2. The number of nitrogens with zero attached hydrogens (tertiary/aromatic N) is 3. The molecule has 0 bridgehead atoms. The van der Waals surface area contributed by atoms with Crippen molar-refractivity contribution in [3.05, 3.63) is 12.7 Å². The number of rotatable bonds is 6. The fraction of sp³-hybridized carbons (Fsp3) is 0.688. The smallest absolute Gasteiger partial charge is 0.233 e. The van der Waals surface area contributed by atoms with E-state index in [1.807, 2.05) is 0 Å². The minimum atomic E-state index is 0.245. The maximum Gasteiger partial charge on any atom is 0.233 e. The second-order valence-corrected chi connectivity index (χ2v) is 8.46. The topological polar surface area (TPSA) is 58.1 Å². The standard InChI is InChI=1S/C16H24N4OS2/c1-2-8-17-15-18-19-16(23-15)22-11-14(21)20-9-7-12-5-3-4-6-13(12)10-20/h2,12-13H,1,3-11H2,(H,17,18)/t12-,13+/m0/s1. The molecule has 2 heterocycles. The SMILES string of the molecule is C=CCNc1nnc(SCC(=O)N2CC[C@@H]3CCCC[C@@H]3C2)s1. The van der Waals surface area contributed by atoms with Crippen LogP contribution in [0.25, 0.3) is 0 Å². The van der Waals surface area contributed by atoms with Crippen LogP contribution >= 0.6 is 23.1 Å². The molecule has 1 saturated heterocycles. The number of carbonyl (C=O) groups is 1. The summed E-state index contributed by atoms with van der Waals surface area (Å²) in [6.07, 6.45) is 8.36. The number of nitrogens with one attached hydrogen (secondary N) is 1. The van der Waals surface area contributed by atoms with Crippen LogP contribution in [0.4, 0.5) is 5.13 Å². The van der Waals surface area contributed by atoms with E-state index in [1.165, 1.54) is 55.2 Å². The van der Waals surface area contributed by atoms with Crippen molar-refractivity contribution in [1.29, 1.82) is 0 Å². The third kappa shape index (κ3) is 4.47. The van der Waals surface area contributed by atoms with Crippen LogP contribution in [0.15, 0.2) is 17.0 Å². The highest BCUT2D eigenvalue weighted by Crippen LogP contribution is 2.36. The van der Waals surface area contributed by atoms with Crippen LogP contribution in [-0.2, 0) is 4.79 Å². The first-order valence-electron chi connectivity index (χ1n) is 8.35. The van der Waals surface area contributed by atoms with Crippen LogP contribution in [0.2, 0.25) is 0 Å². The molecule has 2 aliphatic rings. The van der Waals surface area contributed by atoms with E-state index < -0.39 is 0 Å². The van der Waals surface area contributed by atoms with Crippen molar-refractivity contribution in [1.82, 2.24) is 15.1 Å². The van der Waals surface area contributed by atoms with Crippen molar-refractivity contribution in [3.63, 3.8) is 0 Å². The Labute approximate surface area is 145 Å². The molecule has 1 aliphatic carbocycles. The van der Waals surface area contributed by atoms with E-state index in [4.69, 9.17) is 0 Å². The van der Waals surface area contributed by atoms with Crippen molar-refractivity contribution >= 4 is 34.1 Å².